The number of hydrazine groups is 1. The third kappa shape index (κ3) is 3.16. The number of benzene rings is 2. The fourth-order valence-electron chi connectivity index (χ4n) is 2.47. The van der Waals surface area contributed by atoms with Gasteiger partial charge < -0.3 is 9.84 Å². The number of ether oxygens (including phenoxy) is 1. The maximum Gasteiger partial charge on any atom is 0.0928 e. The van der Waals surface area contributed by atoms with Crippen molar-refractivity contribution in [2.45, 2.75) is 6.10 Å². The number of nitrogens with zero attached hydrogens (tertiary/aromatic N) is 1. The highest BCUT2D eigenvalue weighted by Crippen LogP contribution is 2.20. The molecule has 3 rings (SSSR count). The molecular formula is C16H20N2O2. The summed E-state index contributed by atoms with van der Waals surface area (Å²) in [5.74, 6) is 0. The minimum atomic E-state index is -0.498. The van der Waals surface area contributed by atoms with Crippen LogP contribution in [0.4, 0.5) is 0 Å². The van der Waals surface area contributed by atoms with E-state index >= 15 is 0 Å². The van der Waals surface area contributed by atoms with Crippen LogP contribution >= 0.6 is 0 Å². The van der Waals surface area contributed by atoms with Crippen LogP contribution < -0.4 is 5.43 Å². The van der Waals surface area contributed by atoms with Crippen LogP contribution in [0.25, 0.3) is 10.8 Å². The predicted molar refractivity (Wildman–Crippen MR) is 79.3 cm³/mol. The number of hydrogen-bond acceptors (Lipinski definition) is 4. The lowest BCUT2D eigenvalue weighted by Gasteiger charge is -2.28. The molecule has 1 atom stereocenters. The number of morpholine rings is 1. The molecule has 1 aliphatic heterocycles. The standard InChI is InChI=1S/C16H20N2O2/c19-16(12-17-18-7-9-20-10-8-18)15-6-5-13-3-1-2-4-14(13)11-15/h1-6,11,16-17,19H,7-10,12H2. The second-order valence-corrected chi connectivity index (χ2v) is 5.08. The van der Waals surface area contributed by atoms with Crippen LogP contribution in [0, 0.1) is 0 Å². The Balaban J connectivity index is 1.64. The molecule has 4 nitrogen and oxygen atoms in total. The van der Waals surface area contributed by atoms with E-state index in [4.69, 9.17) is 4.74 Å². The van der Waals surface area contributed by atoms with Gasteiger partial charge in [-0.3, -0.25) is 5.43 Å². The molecule has 0 radical (unpaired) electrons. The second kappa shape index (κ2) is 6.33. The summed E-state index contributed by atoms with van der Waals surface area (Å²) < 4.78 is 5.30. The Morgan fingerprint density at radius 1 is 1.10 bits per heavy atom. The van der Waals surface area contributed by atoms with Crippen molar-refractivity contribution in [1.82, 2.24) is 10.4 Å². The average molecular weight is 272 g/mol. The molecule has 0 saturated carbocycles. The molecule has 0 aromatic heterocycles. The summed E-state index contributed by atoms with van der Waals surface area (Å²) in [6, 6.07) is 14.3. The van der Waals surface area contributed by atoms with Crippen LogP contribution in [0.5, 0.6) is 0 Å². The van der Waals surface area contributed by atoms with Crippen LogP contribution in [-0.2, 0) is 4.74 Å². The maximum absolute atomic E-state index is 10.3. The second-order valence-electron chi connectivity index (χ2n) is 5.08. The van der Waals surface area contributed by atoms with Crippen molar-refractivity contribution in [1.29, 1.82) is 0 Å². The molecule has 0 aliphatic carbocycles. The third-order valence-corrected chi connectivity index (χ3v) is 3.68. The van der Waals surface area contributed by atoms with Gasteiger partial charge in [0.25, 0.3) is 0 Å². The van der Waals surface area contributed by atoms with Gasteiger partial charge >= 0.3 is 0 Å². The van der Waals surface area contributed by atoms with E-state index in [1.165, 1.54) is 5.39 Å². The summed E-state index contributed by atoms with van der Waals surface area (Å²) in [7, 11) is 0. The Kier molecular flexibility index (Phi) is 4.28. The first-order chi connectivity index (χ1) is 9.83. The highest BCUT2D eigenvalue weighted by molar-refractivity contribution is 5.83. The van der Waals surface area contributed by atoms with Crippen molar-refractivity contribution in [3.63, 3.8) is 0 Å². The molecule has 2 aromatic carbocycles. The summed E-state index contributed by atoms with van der Waals surface area (Å²) in [4.78, 5) is 0. The molecule has 2 N–H and O–H groups in total. The normalized spacial score (nSPS) is 18.2. The van der Waals surface area contributed by atoms with Crippen molar-refractivity contribution >= 4 is 10.8 Å². The highest BCUT2D eigenvalue weighted by Gasteiger charge is 2.13. The summed E-state index contributed by atoms with van der Waals surface area (Å²) in [5.41, 5.74) is 4.22. The first-order valence-electron chi connectivity index (χ1n) is 7.06. The van der Waals surface area contributed by atoms with Crippen molar-refractivity contribution in [3.05, 3.63) is 48.0 Å². The predicted octanol–water partition coefficient (Wildman–Crippen LogP) is 1.71. The summed E-state index contributed by atoms with van der Waals surface area (Å²) in [6.45, 7) is 3.76. The number of nitrogens with one attached hydrogen (secondary N) is 1. The average Bonchev–Trinajstić information content (AvgIpc) is 2.53. The van der Waals surface area contributed by atoms with Crippen molar-refractivity contribution in [2.75, 3.05) is 32.8 Å². The smallest absolute Gasteiger partial charge is 0.0928 e. The van der Waals surface area contributed by atoms with Gasteiger partial charge in [0.05, 0.1) is 19.3 Å². The van der Waals surface area contributed by atoms with Crippen LogP contribution in [0.1, 0.15) is 11.7 Å². The quantitative estimate of drug-likeness (QED) is 0.889. The van der Waals surface area contributed by atoms with Gasteiger partial charge in [-0.2, -0.15) is 0 Å². The van der Waals surface area contributed by atoms with Gasteiger partial charge in [-0.05, 0) is 22.4 Å². The molecule has 2 aromatic rings. The van der Waals surface area contributed by atoms with Crippen LogP contribution in [0.2, 0.25) is 0 Å². The number of aliphatic hydroxyl groups is 1. The SMILES string of the molecule is OC(CNN1CCOCC1)c1ccc2ccccc2c1. The van der Waals surface area contributed by atoms with E-state index in [9.17, 15) is 5.11 Å². The minimum absolute atomic E-state index is 0.498. The first-order valence-corrected chi connectivity index (χ1v) is 7.06. The topological polar surface area (TPSA) is 44.7 Å². The summed E-state index contributed by atoms with van der Waals surface area (Å²) in [6.07, 6.45) is -0.498. The van der Waals surface area contributed by atoms with Crippen molar-refractivity contribution in [2.24, 2.45) is 0 Å². The lowest BCUT2D eigenvalue weighted by Crippen LogP contribution is -2.47. The Morgan fingerprint density at radius 2 is 1.85 bits per heavy atom. The molecule has 1 fully saturated rings. The van der Waals surface area contributed by atoms with E-state index in [1.807, 2.05) is 18.2 Å². The number of rotatable bonds is 4. The van der Waals surface area contributed by atoms with Crippen LogP contribution in [0.15, 0.2) is 42.5 Å². The molecule has 0 bridgehead atoms. The van der Waals surface area contributed by atoms with Crippen molar-refractivity contribution in [3.8, 4) is 0 Å². The highest BCUT2D eigenvalue weighted by atomic mass is 16.5. The molecule has 106 valence electrons. The monoisotopic (exact) mass is 272 g/mol. The Bertz CT molecular complexity index is 567. The molecule has 1 aliphatic rings. The van der Waals surface area contributed by atoms with Gasteiger partial charge in [0.1, 0.15) is 0 Å². The van der Waals surface area contributed by atoms with Gasteiger partial charge in [-0.25, -0.2) is 5.01 Å². The van der Waals surface area contributed by atoms with Crippen LogP contribution in [-0.4, -0.2) is 43.0 Å². The molecule has 0 amide bonds. The van der Waals surface area contributed by atoms with Gasteiger partial charge in [-0.15, -0.1) is 0 Å². The Labute approximate surface area is 118 Å². The van der Waals surface area contributed by atoms with E-state index in [2.05, 4.69) is 34.7 Å². The van der Waals surface area contributed by atoms with Crippen molar-refractivity contribution < 1.29 is 9.84 Å². The third-order valence-electron chi connectivity index (χ3n) is 3.68. The molecule has 1 heterocycles. The largest absolute Gasteiger partial charge is 0.387 e. The molecule has 1 saturated heterocycles. The fourth-order valence-corrected chi connectivity index (χ4v) is 2.47. The molecule has 1 unspecified atom stereocenters. The van der Waals surface area contributed by atoms with E-state index < -0.39 is 6.10 Å². The van der Waals surface area contributed by atoms with Gasteiger partial charge in [0.2, 0.25) is 0 Å². The van der Waals surface area contributed by atoms with Gasteiger partial charge in [0, 0.05) is 19.6 Å². The van der Waals surface area contributed by atoms with E-state index in [-0.39, 0.29) is 0 Å². The number of fused-ring (bicyclic) bond motifs is 1. The summed E-state index contributed by atoms with van der Waals surface area (Å²) in [5, 5.41) is 14.8. The zero-order valence-corrected chi connectivity index (χ0v) is 11.5. The van der Waals surface area contributed by atoms with Crippen LogP contribution in [0.3, 0.4) is 0 Å². The van der Waals surface area contributed by atoms with E-state index in [0.29, 0.717) is 6.54 Å². The zero-order valence-electron chi connectivity index (χ0n) is 11.5. The molecule has 0 spiro atoms. The number of hydrogen-bond donors (Lipinski definition) is 2. The Hall–Kier alpha value is -1.46. The minimum Gasteiger partial charge on any atom is -0.387 e. The van der Waals surface area contributed by atoms with E-state index in [1.54, 1.807) is 0 Å². The number of aliphatic hydroxyl groups excluding tert-OH is 1. The lowest BCUT2D eigenvalue weighted by molar-refractivity contribution is 0.00313. The fraction of sp³-hybridized carbons (Fsp3) is 0.375. The lowest BCUT2D eigenvalue weighted by atomic mass is 10.0. The summed E-state index contributed by atoms with van der Waals surface area (Å²) >= 11 is 0. The maximum atomic E-state index is 10.3. The molecule has 20 heavy (non-hydrogen) atoms. The first kappa shape index (κ1) is 13.5. The van der Waals surface area contributed by atoms with E-state index in [0.717, 1.165) is 37.3 Å². The Morgan fingerprint density at radius 3 is 2.65 bits per heavy atom. The van der Waals surface area contributed by atoms with Gasteiger partial charge in [0.15, 0.2) is 0 Å². The van der Waals surface area contributed by atoms with Gasteiger partial charge in [-0.1, -0.05) is 36.4 Å². The molecule has 4 heteroatoms. The zero-order chi connectivity index (χ0) is 13.8. The molecular weight excluding hydrogens is 252 g/mol.